The van der Waals surface area contributed by atoms with E-state index in [4.69, 9.17) is 11.6 Å². The van der Waals surface area contributed by atoms with Gasteiger partial charge in [0.05, 0.1) is 28.6 Å². The summed E-state index contributed by atoms with van der Waals surface area (Å²) in [5.74, 6) is 0.0299. The summed E-state index contributed by atoms with van der Waals surface area (Å²) in [6, 6.07) is 17.1. The maximum absolute atomic E-state index is 13.7. The lowest BCUT2D eigenvalue weighted by molar-refractivity contribution is 0.102. The number of halogens is 2. The van der Waals surface area contributed by atoms with Gasteiger partial charge in [0.15, 0.2) is 11.6 Å². The molecule has 0 unspecified atom stereocenters. The van der Waals surface area contributed by atoms with Gasteiger partial charge in [-0.2, -0.15) is 5.10 Å². The van der Waals surface area contributed by atoms with Gasteiger partial charge in [0, 0.05) is 18.0 Å². The molecule has 0 radical (unpaired) electrons. The molecule has 10 heteroatoms. The van der Waals surface area contributed by atoms with E-state index in [0.717, 1.165) is 0 Å². The smallest absolute Gasteiger partial charge is 0.258 e. The number of benzene rings is 2. The highest BCUT2D eigenvalue weighted by molar-refractivity contribution is 6.34. The first-order chi connectivity index (χ1) is 17.1. The van der Waals surface area contributed by atoms with Crippen molar-refractivity contribution in [3.63, 3.8) is 0 Å². The molecule has 0 bridgehead atoms. The number of para-hydroxylation sites is 1. The minimum Gasteiger partial charge on any atom is -0.390 e. The van der Waals surface area contributed by atoms with Crippen LogP contribution in [0, 0.1) is 0 Å². The number of carbonyl (C=O) groups excluding carboxylic acids is 1. The number of fused-ring (bicyclic) bond motifs is 1. The van der Waals surface area contributed by atoms with E-state index in [0.29, 0.717) is 33.8 Å². The minimum atomic E-state index is -0.797. The topological polar surface area (TPSA) is 106 Å². The number of anilines is 1. The molecule has 0 saturated carbocycles. The van der Waals surface area contributed by atoms with Gasteiger partial charge in [-0.25, -0.2) is 24.0 Å². The van der Waals surface area contributed by atoms with Crippen molar-refractivity contribution in [1.29, 1.82) is 0 Å². The Morgan fingerprint density at radius 2 is 1.83 bits per heavy atom. The standard InChI is InChI=1S/C25H18ClFN6O2/c26-20-11-15(13-27)18(23-28-9-4-10-29-23)12-19(20)25(35)31-24-22-21(8-7-16(14-34)30-22)32-33(24)17-5-2-1-3-6-17/h1-12,34H,13-14H2,(H,31,35). The zero-order valence-electron chi connectivity index (χ0n) is 18.2. The lowest BCUT2D eigenvalue weighted by Gasteiger charge is -2.13. The number of aliphatic hydroxyl groups excluding tert-OH is 1. The van der Waals surface area contributed by atoms with Crippen LogP contribution in [0.3, 0.4) is 0 Å². The summed E-state index contributed by atoms with van der Waals surface area (Å²) in [6.07, 6.45) is 3.07. The molecule has 0 fully saturated rings. The molecular formula is C25H18ClFN6O2. The lowest BCUT2D eigenvalue weighted by Crippen LogP contribution is -2.16. The molecule has 0 saturated heterocycles. The Morgan fingerprint density at radius 3 is 2.54 bits per heavy atom. The van der Waals surface area contributed by atoms with Crippen molar-refractivity contribution in [1.82, 2.24) is 24.7 Å². The Morgan fingerprint density at radius 1 is 1.06 bits per heavy atom. The molecule has 174 valence electrons. The van der Waals surface area contributed by atoms with Crippen LogP contribution in [0.25, 0.3) is 28.1 Å². The zero-order chi connectivity index (χ0) is 24.4. The molecule has 0 spiro atoms. The Bertz CT molecular complexity index is 1530. The Labute approximate surface area is 204 Å². The van der Waals surface area contributed by atoms with Crippen LogP contribution < -0.4 is 5.32 Å². The number of nitrogens with zero attached hydrogens (tertiary/aromatic N) is 5. The Balaban J connectivity index is 1.62. The lowest BCUT2D eigenvalue weighted by atomic mass is 10.0. The van der Waals surface area contributed by atoms with Crippen LogP contribution in [0.2, 0.25) is 5.02 Å². The highest BCUT2D eigenvalue weighted by atomic mass is 35.5. The van der Waals surface area contributed by atoms with Crippen molar-refractivity contribution >= 4 is 34.4 Å². The van der Waals surface area contributed by atoms with E-state index in [-0.39, 0.29) is 28.6 Å². The maximum atomic E-state index is 13.7. The predicted octanol–water partition coefficient (Wildman–Crippen LogP) is 4.75. The molecule has 2 N–H and O–H groups in total. The van der Waals surface area contributed by atoms with Gasteiger partial charge in [-0.1, -0.05) is 29.8 Å². The van der Waals surface area contributed by atoms with Crippen molar-refractivity contribution in [2.45, 2.75) is 13.3 Å². The molecule has 0 atom stereocenters. The fraction of sp³-hybridized carbons (Fsp3) is 0.0800. The van der Waals surface area contributed by atoms with Gasteiger partial charge in [-0.05, 0) is 48.0 Å². The van der Waals surface area contributed by atoms with Crippen molar-refractivity contribution in [2.24, 2.45) is 0 Å². The Kier molecular flexibility index (Phi) is 6.17. The average Bonchev–Trinajstić information content (AvgIpc) is 3.26. The second-order valence-electron chi connectivity index (χ2n) is 7.57. The monoisotopic (exact) mass is 488 g/mol. The second-order valence-corrected chi connectivity index (χ2v) is 7.98. The quantitative estimate of drug-likeness (QED) is 0.357. The number of hydrogen-bond acceptors (Lipinski definition) is 6. The fourth-order valence-electron chi connectivity index (χ4n) is 3.68. The number of hydrogen-bond donors (Lipinski definition) is 2. The summed E-state index contributed by atoms with van der Waals surface area (Å²) in [6.45, 7) is -1.06. The molecular weight excluding hydrogens is 471 g/mol. The first kappa shape index (κ1) is 22.6. The first-order valence-electron chi connectivity index (χ1n) is 10.6. The summed E-state index contributed by atoms with van der Waals surface area (Å²) in [4.78, 5) is 26.3. The number of rotatable bonds is 6. The molecule has 0 aliphatic rings. The molecule has 1 amide bonds. The molecule has 5 aromatic rings. The van der Waals surface area contributed by atoms with Crippen LogP contribution in [-0.4, -0.2) is 35.7 Å². The Hall–Kier alpha value is -4.21. The van der Waals surface area contributed by atoms with Crippen LogP contribution in [0.4, 0.5) is 10.2 Å². The van der Waals surface area contributed by atoms with Crippen LogP contribution in [0.15, 0.2) is 73.1 Å². The SMILES string of the molecule is O=C(Nc1c2nc(CO)ccc2nn1-c1ccccc1)c1cc(-c2ncccn2)c(CF)cc1Cl. The van der Waals surface area contributed by atoms with E-state index >= 15 is 0 Å². The normalized spacial score (nSPS) is 11.1. The maximum Gasteiger partial charge on any atom is 0.258 e. The summed E-state index contributed by atoms with van der Waals surface area (Å²) >= 11 is 6.39. The number of alkyl halides is 1. The molecule has 0 aliphatic carbocycles. The van der Waals surface area contributed by atoms with Gasteiger partial charge in [0.2, 0.25) is 0 Å². The van der Waals surface area contributed by atoms with Gasteiger partial charge in [-0.15, -0.1) is 0 Å². The number of nitrogens with one attached hydrogen (secondary N) is 1. The molecule has 2 aromatic carbocycles. The van der Waals surface area contributed by atoms with E-state index in [1.54, 1.807) is 22.9 Å². The third-order valence-electron chi connectivity index (χ3n) is 5.36. The van der Waals surface area contributed by atoms with E-state index in [1.165, 1.54) is 24.5 Å². The van der Waals surface area contributed by atoms with Crippen LogP contribution in [-0.2, 0) is 13.3 Å². The average molecular weight is 489 g/mol. The van der Waals surface area contributed by atoms with Gasteiger partial charge >= 0.3 is 0 Å². The predicted molar refractivity (Wildman–Crippen MR) is 130 cm³/mol. The van der Waals surface area contributed by atoms with E-state index in [2.05, 4.69) is 25.4 Å². The van der Waals surface area contributed by atoms with Crippen molar-refractivity contribution in [3.8, 4) is 17.1 Å². The van der Waals surface area contributed by atoms with Gasteiger partial charge < -0.3 is 10.4 Å². The van der Waals surface area contributed by atoms with E-state index < -0.39 is 12.6 Å². The highest BCUT2D eigenvalue weighted by Gasteiger charge is 2.21. The first-order valence-corrected chi connectivity index (χ1v) is 11.0. The van der Waals surface area contributed by atoms with Crippen LogP contribution in [0.1, 0.15) is 21.6 Å². The van der Waals surface area contributed by atoms with Gasteiger partial charge in [0.1, 0.15) is 17.7 Å². The van der Waals surface area contributed by atoms with Gasteiger partial charge in [0.25, 0.3) is 5.91 Å². The third kappa shape index (κ3) is 4.34. The summed E-state index contributed by atoms with van der Waals surface area (Å²) in [5.41, 5.74) is 2.80. The molecule has 0 aliphatic heterocycles. The second kappa shape index (κ2) is 9.57. The summed E-state index contributed by atoms with van der Waals surface area (Å²) in [7, 11) is 0. The van der Waals surface area contributed by atoms with Crippen LogP contribution >= 0.6 is 11.6 Å². The van der Waals surface area contributed by atoms with Gasteiger partial charge in [-0.3, -0.25) is 4.79 Å². The zero-order valence-corrected chi connectivity index (χ0v) is 18.9. The van der Waals surface area contributed by atoms with Crippen molar-refractivity contribution in [2.75, 3.05) is 5.32 Å². The largest absolute Gasteiger partial charge is 0.390 e. The van der Waals surface area contributed by atoms with Crippen LogP contribution in [0.5, 0.6) is 0 Å². The summed E-state index contributed by atoms with van der Waals surface area (Å²) in [5, 5.41) is 17.1. The fourth-order valence-corrected chi connectivity index (χ4v) is 3.95. The van der Waals surface area contributed by atoms with Crippen molar-refractivity contribution < 1.29 is 14.3 Å². The third-order valence-corrected chi connectivity index (χ3v) is 5.67. The highest BCUT2D eigenvalue weighted by Crippen LogP contribution is 2.31. The molecule has 3 heterocycles. The molecule has 35 heavy (non-hydrogen) atoms. The molecule has 8 nitrogen and oxygen atoms in total. The number of pyridine rings is 1. The molecule has 3 aromatic heterocycles. The minimum absolute atomic E-state index is 0.0777. The van der Waals surface area contributed by atoms with E-state index in [1.807, 2.05) is 30.3 Å². The number of aliphatic hydroxyl groups is 1. The van der Waals surface area contributed by atoms with Crippen molar-refractivity contribution in [3.05, 3.63) is 94.9 Å². The number of aromatic nitrogens is 5. The summed E-state index contributed by atoms with van der Waals surface area (Å²) < 4.78 is 15.3. The number of carbonyl (C=O) groups is 1. The number of amides is 1. The van der Waals surface area contributed by atoms with E-state index in [9.17, 15) is 14.3 Å². The molecule has 5 rings (SSSR count).